The molecule has 3 aliphatic heterocycles. The highest BCUT2D eigenvalue weighted by molar-refractivity contribution is 8.01. The van der Waals surface area contributed by atoms with E-state index in [2.05, 4.69) is 20.9 Å². The number of para-hydroxylation sites is 1. The molecule has 0 bridgehead atoms. The van der Waals surface area contributed by atoms with Gasteiger partial charge in [-0.1, -0.05) is 41.6 Å². The maximum absolute atomic E-state index is 13.3. The van der Waals surface area contributed by atoms with Crippen LogP contribution in [0.3, 0.4) is 0 Å². The van der Waals surface area contributed by atoms with E-state index in [1.54, 1.807) is 35.4 Å². The van der Waals surface area contributed by atoms with Crippen molar-refractivity contribution in [2.45, 2.75) is 28.8 Å². The topological polar surface area (TPSA) is 95.6 Å². The molecule has 6 rings (SSSR count). The maximum Gasteiger partial charge on any atom is 0.327 e. The van der Waals surface area contributed by atoms with Crippen molar-refractivity contribution >= 4 is 46.7 Å². The number of amides is 3. The molecule has 8 nitrogen and oxygen atoms in total. The van der Waals surface area contributed by atoms with Gasteiger partial charge < -0.3 is 20.7 Å². The summed E-state index contributed by atoms with van der Waals surface area (Å²) >= 11 is 7.92. The van der Waals surface area contributed by atoms with Crippen LogP contribution in [-0.4, -0.2) is 41.3 Å². The molecule has 178 valence electrons. The van der Waals surface area contributed by atoms with Gasteiger partial charge >= 0.3 is 6.03 Å². The first-order valence-corrected chi connectivity index (χ1v) is 12.6. The lowest BCUT2D eigenvalue weighted by molar-refractivity contribution is -0.121. The molecule has 3 aliphatic rings. The predicted molar refractivity (Wildman–Crippen MR) is 135 cm³/mol. The number of hydrogen-bond acceptors (Lipinski definition) is 6. The molecule has 1 fully saturated rings. The molecule has 0 saturated carbocycles. The number of carbonyl (C=O) groups excluding carboxylic acids is 2. The van der Waals surface area contributed by atoms with Crippen LogP contribution in [-0.2, 0) is 4.79 Å². The Bertz CT molecular complexity index is 1300. The third-order valence-corrected chi connectivity index (χ3v) is 7.90. The average Bonchev–Trinajstić information content (AvgIpc) is 3.50. The summed E-state index contributed by atoms with van der Waals surface area (Å²) in [6, 6.07) is 15.7. The minimum atomic E-state index is -0.476. The molecule has 0 radical (unpaired) electrons. The maximum atomic E-state index is 13.3. The molecule has 4 heterocycles. The summed E-state index contributed by atoms with van der Waals surface area (Å²) in [5.74, 6) is 1.07. The van der Waals surface area contributed by atoms with Gasteiger partial charge in [0.25, 0.3) is 0 Å². The summed E-state index contributed by atoms with van der Waals surface area (Å²) in [6.07, 6.45) is 2.56. The fourth-order valence-electron chi connectivity index (χ4n) is 4.67. The van der Waals surface area contributed by atoms with Gasteiger partial charge in [0.15, 0.2) is 0 Å². The standard InChI is InChI=1S/C25H22ClN5O3S/c26-17-12-15(6-7-19(17)34-16-4-2-1-3-5-16)31-18-9-11-28-24-20(18)21(30-25(31)33)22(35-24)23(32)29-14-8-10-27-13-14/h1-7,9,11-12,14,21-22,27H,8,10,13H2,(H,29,32)(H,30,33)/t14?,21?,22-/m1/s1. The van der Waals surface area contributed by atoms with Crippen molar-refractivity contribution in [2.24, 2.45) is 0 Å². The average molecular weight is 508 g/mol. The number of benzene rings is 2. The minimum absolute atomic E-state index is 0.0862. The molecule has 3 aromatic rings. The van der Waals surface area contributed by atoms with Gasteiger partial charge in [-0.05, 0) is 49.4 Å². The number of anilines is 2. The van der Waals surface area contributed by atoms with Gasteiger partial charge in [0, 0.05) is 24.3 Å². The third kappa shape index (κ3) is 4.09. The first-order valence-electron chi connectivity index (χ1n) is 11.4. The van der Waals surface area contributed by atoms with Gasteiger partial charge in [0.1, 0.15) is 21.8 Å². The van der Waals surface area contributed by atoms with Crippen LogP contribution in [0.4, 0.5) is 16.2 Å². The van der Waals surface area contributed by atoms with Crippen molar-refractivity contribution in [3.63, 3.8) is 0 Å². The number of nitrogens with one attached hydrogen (secondary N) is 3. The third-order valence-electron chi connectivity index (χ3n) is 6.32. The van der Waals surface area contributed by atoms with E-state index in [9.17, 15) is 9.59 Å². The Labute approximate surface area is 211 Å². The first-order chi connectivity index (χ1) is 17.1. The van der Waals surface area contributed by atoms with Gasteiger partial charge in [-0.15, -0.1) is 0 Å². The second-order valence-electron chi connectivity index (χ2n) is 8.58. The molecule has 10 heteroatoms. The number of ether oxygens (including phenoxy) is 1. The van der Waals surface area contributed by atoms with E-state index in [1.807, 2.05) is 30.3 Å². The summed E-state index contributed by atoms with van der Waals surface area (Å²) in [6.45, 7) is 1.65. The quantitative estimate of drug-likeness (QED) is 0.474. The Morgan fingerprint density at radius 1 is 1.20 bits per heavy atom. The Morgan fingerprint density at radius 3 is 2.83 bits per heavy atom. The fraction of sp³-hybridized carbons (Fsp3) is 0.240. The number of aromatic nitrogens is 1. The van der Waals surface area contributed by atoms with Gasteiger partial charge in [-0.25, -0.2) is 9.78 Å². The monoisotopic (exact) mass is 507 g/mol. The van der Waals surface area contributed by atoms with Crippen molar-refractivity contribution in [1.82, 2.24) is 20.9 Å². The van der Waals surface area contributed by atoms with Gasteiger partial charge in [-0.3, -0.25) is 9.69 Å². The number of rotatable bonds is 5. The zero-order valence-electron chi connectivity index (χ0n) is 18.5. The van der Waals surface area contributed by atoms with Crippen molar-refractivity contribution in [3.05, 3.63) is 71.4 Å². The first kappa shape index (κ1) is 22.2. The number of thioether (sulfide) groups is 1. The second kappa shape index (κ2) is 9.07. The lowest BCUT2D eigenvalue weighted by Crippen LogP contribution is -2.50. The Balaban J connectivity index is 1.29. The predicted octanol–water partition coefficient (Wildman–Crippen LogP) is 4.38. The number of halogens is 1. The van der Waals surface area contributed by atoms with E-state index in [-0.39, 0.29) is 18.0 Å². The second-order valence-corrected chi connectivity index (χ2v) is 10.1. The van der Waals surface area contributed by atoms with E-state index < -0.39 is 11.3 Å². The largest absolute Gasteiger partial charge is 0.456 e. The molecular weight excluding hydrogens is 486 g/mol. The van der Waals surface area contributed by atoms with Crippen molar-refractivity contribution in [1.29, 1.82) is 0 Å². The van der Waals surface area contributed by atoms with Crippen LogP contribution in [0.1, 0.15) is 18.0 Å². The zero-order valence-corrected chi connectivity index (χ0v) is 20.1. The van der Waals surface area contributed by atoms with Crippen molar-refractivity contribution in [3.8, 4) is 11.5 Å². The minimum Gasteiger partial charge on any atom is -0.456 e. The smallest absolute Gasteiger partial charge is 0.327 e. The van der Waals surface area contributed by atoms with Crippen LogP contribution in [0.25, 0.3) is 0 Å². The number of nitrogens with zero attached hydrogens (tertiary/aromatic N) is 2. The lowest BCUT2D eigenvalue weighted by atomic mass is 9.99. The fourth-order valence-corrected chi connectivity index (χ4v) is 6.12. The number of carbonyl (C=O) groups is 2. The van der Waals surface area contributed by atoms with Gasteiger partial charge in [0.05, 0.1) is 22.4 Å². The summed E-state index contributed by atoms with van der Waals surface area (Å²) in [4.78, 5) is 32.5. The molecule has 3 atom stereocenters. The molecule has 1 saturated heterocycles. The summed E-state index contributed by atoms with van der Waals surface area (Å²) in [7, 11) is 0. The lowest BCUT2D eigenvalue weighted by Gasteiger charge is -2.34. The Morgan fingerprint density at radius 2 is 2.06 bits per heavy atom. The Hall–Kier alpha value is -3.27. The van der Waals surface area contributed by atoms with Crippen LogP contribution in [0, 0.1) is 0 Å². The van der Waals surface area contributed by atoms with Crippen LogP contribution in [0.15, 0.2) is 65.8 Å². The van der Waals surface area contributed by atoms with Gasteiger partial charge in [0.2, 0.25) is 5.91 Å². The molecule has 2 unspecified atom stereocenters. The van der Waals surface area contributed by atoms with E-state index in [1.165, 1.54) is 11.8 Å². The van der Waals surface area contributed by atoms with E-state index in [0.29, 0.717) is 27.9 Å². The molecule has 35 heavy (non-hydrogen) atoms. The van der Waals surface area contributed by atoms with Crippen LogP contribution >= 0.6 is 23.4 Å². The van der Waals surface area contributed by atoms with Crippen molar-refractivity contribution in [2.75, 3.05) is 18.0 Å². The van der Waals surface area contributed by atoms with Gasteiger partial charge in [-0.2, -0.15) is 0 Å². The SMILES string of the molecule is O=C(NC1CCNC1)[C@@H]1Sc2nccc3c2C1NC(=O)N3c1ccc(Oc2ccccc2)c(Cl)c1. The zero-order chi connectivity index (χ0) is 23.9. The summed E-state index contributed by atoms with van der Waals surface area (Å²) < 4.78 is 5.88. The molecular formula is C25H22ClN5O3S. The van der Waals surface area contributed by atoms with E-state index in [4.69, 9.17) is 16.3 Å². The molecule has 3 amide bonds. The molecule has 2 aromatic carbocycles. The molecule has 3 N–H and O–H groups in total. The number of urea groups is 1. The van der Waals surface area contributed by atoms with Crippen molar-refractivity contribution < 1.29 is 14.3 Å². The highest BCUT2D eigenvalue weighted by Crippen LogP contribution is 2.51. The Kier molecular flexibility index (Phi) is 5.75. The summed E-state index contributed by atoms with van der Waals surface area (Å²) in [5.41, 5.74) is 2.14. The normalized spacial score (nSPS) is 22.5. The molecule has 1 aromatic heterocycles. The highest BCUT2D eigenvalue weighted by atomic mass is 35.5. The highest BCUT2D eigenvalue weighted by Gasteiger charge is 2.47. The number of hydrogen-bond donors (Lipinski definition) is 3. The van der Waals surface area contributed by atoms with E-state index in [0.717, 1.165) is 30.1 Å². The molecule has 0 spiro atoms. The van der Waals surface area contributed by atoms with E-state index >= 15 is 0 Å². The summed E-state index contributed by atoms with van der Waals surface area (Å²) in [5, 5.41) is 10.0. The van der Waals surface area contributed by atoms with Crippen LogP contribution in [0.2, 0.25) is 5.02 Å². The van der Waals surface area contributed by atoms with Crippen LogP contribution in [0.5, 0.6) is 11.5 Å². The van der Waals surface area contributed by atoms with Crippen LogP contribution < -0.4 is 25.6 Å². The molecule has 0 aliphatic carbocycles. The number of pyridine rings is 1.